The van der Waals surface area contributed by atoms with Gasteiger partial charge in [-0.1, -0.05) is 6.07 Å². The van der Waals surface area contributed by atoms with Gasteiger partial charge in [-0.3, -0.25) is 9.98 Å². The lowest BCUT2D eigenvalue weighted by Crippen LogP contribution is -2.13. The zero-order valence-electron chi connectivity index (χ0n) is 13.7. The van der Waals surface area contributed by atoms with Crippen molar-refractivity contribution in [3.8, 4) is 11.3 Å². The number of nitrogens with zero attached hydrogens (tertiary/aromatic N) is 4. The lowest BCUT2D eigenvalue weighted by Gasteiger charge is -2.03. The first kappa shape index (κ1) is 17.2. The minimum atomic E-state index is -0.269. The molecule has 3 rings (SSSR count). The molecule has 0 amide bonds. The summed E-state index contributed by atoms with van der Waals surface area (Å²) in [4.78, 5) is 9.35. The molecule has 0 radical (unpaired) electrons. The molecule has 1 aromatic carbocycles. The molecule has 128 valence electrons. The second-order valence-electron chi connectivity index (χ2n) is 5.13. The summed E-state index contributed by atoms with van der Waals surface area (Å²) in [7, 11) is 1.64. The molecule has 0 atom stereocenters. The highest BCUT2D eigenvalue weighted by Gasteiger charge is 2.07. The molecule has 2 aromatic heterocycles. The van der Waals surface area contributed by atoms with Crippen LogP contribution in [-0.4, -0.2) is 36.1 Å². The summed E-state index contributed by atoms with van der Waals surface area (Å²) in [5.74, 6) is -0.269. The second kappa shape index (κ2) is 8.46. The first-order valence-electron chi connectivity index (χ1n) is 7.68. The normalized spacial score (nSPS) is 12.2. The fourth-order valence-electron chi connectivity index (χ4n) is 2.15. The van der Waals surface area contributed by atoms with E-state index in [9.17, 15) is 4.39 Å². The summed E-state index contributed by atoms with van der Waals surface area (Å²) in [6.07, 6.45) is 5.17. The molecular weight excluding hydrogens is 339 g/mol. The van der Waals surface area contributed by atoms with Crippen LogP contribution in [0.5, 0.6) is 0 Å². The minimum Gasteiger partial charge on any atom is -0.383 e. The fourth-order valence-corrected chi connectivity index (χ4v) is 3.01. The van der Waals surface area contributed by atoms with Gasteiger partial charge in [0, 0.05) is 36.0 Å². The maximum atomic E-state index is 13.2. The first-order valence-corrected chi connectivity index (χ1v) is 8.56. The number of rotatable bonds is 6. The number of benzene rings is 1. The maximum absolute atomic E-state index is 13.2. The molecule has 7 heteroatoms. The minimum absolute atomic E-state index is 0.269. The van der Waals surface area contributed by atoms with Gasteiger partial charge >= 0.3 is 0 Å². The number of thiazole rings is 1. The van der Waals surface area contributed by atoms with Crippen molar-refractivity contribution >= 4 is 17.6 Å². The van der Waals surface area contributed by atoms with E-state index in [0.29, 0.717) is 13.2 Å². The highest BCUT2D eigenvalue weighted by molar-refractivity contribution is 7.07. The lowest BCUT2D eigenvalue weighted by atomic mass is 10.2. The van der Waals surface area contributed by atoms with Gasteiger partial charge in [0.2, 0.25) is 4.80 Å². The van der Waals surface area contributed by atoms with Gasteiger partial charge in [-0.15, -0.1) is 11.3 Å². The van der Waals surface area contributed by atoms with Crippen LogP contribution < -0.4 is 4.80 Å². The fraction of sp³-hybridized carbons (Fsp3) is 0.167. The monoisotopic (exact) mass is 356 g/mol. The Morgan fingerprint density at radius 2 is 2.12 bits per heavy atom. The van der Waals surface area contributed by atoms with Crippen LogP contribution in [-0.2, 0) is 4.74 Å². The maximum Gasteiger partial charge on any atom is 0.206 e. The Morgan fingerprint density at radius 3 is 2.84 bits per heavy atom. The van der Waals surface area contributed by atoms with E-state index in [1.54, 1.807) is 42.5 Å². The Morgan fingerprint density at radius 1 is 1.28 bits per heavy atom. The van der Waals surface area contributed by atoms with Crippen LogP contribution in [0.25, 0.3) is 11.3 Å². The second-order valence-corrected chi connectivity index (χ2v) is 5.96. The number of hydrogen-bond donors (Lipinski definition) is 0. The van der Waals surface area contributed by atoms with Gasteiger partial charge in [0.15, 0.2) is 0 Å². The quantitative estimate of drug-likeness (QED) is 0.503. The van der Waals surface area contributed by atoms with Gasteiger partial charge in [0.05, 0.1) is 25.1 Å². The van der Waals surface area contributed by atoms with Gasteiger partial charge in [-0.05, 0) is 30.3 Å². The average molecular weight is 356 g/mol. The Hall–Kier alpha value is -2.64. The molecule has 25 heavy (non-hydrogen) atoms. The summed E-state index contributed by atoms with van der Waals surface area (Å²) in [6.45, 7) is 1.08. The molecule has 0 aliphatic heterocycles. The summed E-state index contributed by atoms with van der Waals surface area (Å²) in [5, 5.41) is 6.51. The van der Waals surface area contributed by atoms with Gasteiger partial charge in [-0.25, -0.2) is 9.07 Å². The molecule has 0 saturated heterocycles. The number of pyridine rings is 1. The summed E-state index contributed by atoms with van der Waals surface area (Å²) in [5.41, 5.74) is 2.60. The number of methoxy groups -OCH3 is 1. The van der Waals surface area contributed by atoms with Crippen molar-refractivity contribution in [3.05, 3.63) is 70.4 Å². The van der Waals surface area contributed by atoms with Crippen LogP contribution in [0.15, 0.2) is 64.3 Å². The number of ether oxygens (including phenoxy) is 1. The van der Waals surface area contributed by atoms with Crippen LogP contribution >= 0.6 is 11.3 Å². The van der Waals surface area contributed by atoms with Crippen molar-refractivity contribution in [1.29, 1.82) is 0 Å². The molecule has 0 N–H and O–H groups in total. The number of halogens is 1. The SMILES string of the molecule is COCCN=c1scc(-c2ccc(F)cc2)n1/N=C\c1cccnc1. The van der Waals surface area contributed by atoms with Gasteiger partial charge in [0.1, 0.15) is 5.82 Å². The third kappa shape index (κ3) is 4.46. The Balaban J connectivity index is 2.02. The van der Waals surface area contributed by atoms with Crippen molar-refractivity contribution in [1.82, 2.24) is 9.66 Å². The van der Waals surface area contributed by atoms with E-state index in [0.717, 1.165) is 21.6 Å². The summed E-state index contributed by atoms with van der Waals surface area (Å²) in [6, 6.07) is 10.1. The zero-order valence-corrected chi connectivity index (χ0v) is 14.5. The van der Waals surface area contributed by atoms with Crippen molar-refractivity contribution in [3.63, 3.8) is 0 Å². The van der Waals surface area contributed by atoms with Crippen molar-refractivity contribution in [2.24, 2.45) is 10.1 Å². The van der Waals surface area contributed by atoms with E-state index in [2.05, 4.69) is 15.1 Å². The highest BCUT2D eigenvalue weighted by atomic mass is 32.1. The van der Waals surface area contributed by atoms with Crippen molar-refractivity contribution in [2.75, 3.05) is 20.3 Å². The van der Waals surface area contributed by atoms with Crippen molar-refractivity contribution in [2.45, 2.75) is 0 Å². The van der Waals surface area contributed by atoms with Crippen LogP contribution in [0, 0.1) is 5.82 Å². The van der Waals surface area contributed by atoms with E-state index in [1.165, 1.54) is 23.5 Å². The van der Waals surface area contributed by atoms with E-state index in [1.807, 2.05) is 17.5 Å². The molecule has 0 fully saturated rings. The van der Waals surface area contributed by atoms with Gasteiger partial charge < -0.3 is 4.74 Å². The molecule has 0 spiro atoms. The lowest BCUT2D eigenvalue weighted by molar-refractivity contribution is 0.207. The van der Waals surface area contributed by atoms with Crippen LogP contribution in [0.4, 0.5) is 4.39 Å². The van der Waals surface area contributed by atoms with E-state index in [4.69, 9.17) is 4.74 Å². The summed E-state index contributed by atoms with van der Waals surface area (Å²) < 4.78 is 20.0. The smallest absolute Gasteiger partial charge is 0.206 e. The molecule has 0 saturated carbocycles. The van der Waals surface area contributed by atoms with E-state index < -0.39 is 0 Å². The highest BCUT2D eigenvalue weighted by Crippen LogP contribution is 2.20. The topological polar surface area (TPSA) is 51.8 Å². The summed E-state index contributed by atoms with van der Waals surface area (Å²) >= 11 is 1.48. The van der Waals surface area contributed by atoms with Crippen LogP contribution in [0.1, 0.15) is 5.56 Å². The molecule has 0 aliphatic carbocycles. The van der Waals surface area contributed by atoms with Crippen LogP contribution in [0.3, 0.4) is 0 Å². The molecule has 2 heterocycles. The van der Waals surface area contributed by atoms with Crippen LogP contribution in [0.2, 0.25) is 0 Å². The molecule has 5 nitrogen and oxygen atoms in total. The third-order valence-corrected chi connectivity index (χ3v) is 4.23. The molecule has 0 bridgehead atoms. The molecule has 0 unspecified atom stereocenters. The number of hydrogen-bond acceptors (Lipinski definition) is 5. The van der Waals surface area contributed by atoms with E-state index >= 15 is 0 Å². The van der Waals surface area contributed by atoms with E-state index in [-0.39, 0.29) is 5.82 Å². The van der Waals surface area contributed by atoms with Crippen molar-refractivity contribution < 1.29 is 9.13 Å². The van der Waals surface area contributed by atoms with Gasteiger partial charge in [-0.2, -0.15) is 5.10 Å². The Labute approximate surface area is 148 Å². The molecule has 0 aliphatic rings. The molecule has 3 aromatic rings. The first-order chi connectivity index (χ1) is 12.3. The zero-order chi connectivity index (χ0) is 17.5. The standard InChI is InChI=1S/C18H17FN4OS/c1-24-10-9-21-18-23(22-12-14-3-2-8-20-11-14)17(13-25-18)15-4-6-16(19)7-5-15/h2-8,11-13H,9-10H2,1H3/b21-18?,22-12-. The number of aromatic nitrogens is 2. The predicted octanol–water partition coefficient (Wildman–Crippen LogP) is 3.18. The van der Waals surface area contributed by atoms with Gasteiger partial charge in [0.25, 0.3) is 0 Å². The predicted molar refractivity (Wildman–Crippen MR) is 97.2 cm³/mol. The Bertz CT molecular complexity index is 901. The average Bonchev–Trinajstić information content (AvgIpc) is 3.04. The molecular formula is C18H17FN4OS. The third-order valence-electron chi connectivity index (χ3n) is 3.37. The Kier molecular flexibility index (Phi) is 5.81. The largest absolute Gasteiger partial charge is 0.383 e.